The summed E-state index contributed by atoms with van der Waals surface area (Å²) in [5.74, 6) is 0.504. The fraction of sp³-hybridized carbons (Fsp3) is 0.571. The number of nitrogens with two attached hydrogens (primary N) is 1. The van der Waals surface area contributed by atoms with Crippen molar-refractivity contribution in [3.05, 3.63) is 33.7 Å². The molecule has 112 valence electrons. The standard InChI is InChI=1S/C14H23BrN4O/c1-5-6-19-13(20)12(15)11(8-17-19)18-14(4,9-16)7-10(2)3/h5,8,10,18H,1,6-7,9,16H2,2-4H3. The van der Waals surface area contributed by atoms with Gasteiger partial charge in [0.25, 0.3) is 5.56 Å². The maximum atomic E-state index is 12.1. The van der Waals surface area contributed by atoms with E-state index in [1.165, 1.54) is 4.68 Å². The number of anilines is 1. The van der Waals surface area contributed by atoms with E-state index in [4.69, 9.17) is 5.73 Å². The van der Waals surface area contributed by atoms with Gasteiger partial charge in [-0.25, -0.2) is 4.68 Å². The van der Waals surface area contributed by atoms with Crippen molar-refractivity contribution in [2.45, 2.75) is 39.3 Å². The lowest BCUT2D eigenvalue weighted by atomic mass is 9.90. The fourth-order valence-electron chi connectivity index (χ4n) is 2.22. The molecular formula is C14H23BrN4O. The van der Waals surface area contributed by atoms with E-state index in [0.29, 0.717) is 29.2 Å². The van der Waals surface area contributed by atoms with Crippen LogP contribution in [0.1, 0.15) is 27.2 Å². The summed E-state index contributed by atoms with van der Waals surface area (Å²) in [4.78, 5) is 12.1. The van der Waals surface area contributed by atoms with Crippen LogP contribution in [0.5, 0.6) is 0 Å². The topological polar surface area (TPSA) is 72.9 Å². The first-order valence-electron chi connectivity index (χ1n) is 6.67. The molecule has 1 unspecified atom stereocenters. The number of allylic oxidation sites excluding steroid dienone is 1. The summed E-state index contributed by atoms with van der Waals surface area (Å²) >= 11 is 3.34. The van der Waals surface area contributed by atoms with Crippen molar-refractivity contribution in [2.75, 3.05) is 11.9 Å². The third kappa shape index (κ3) is 4.18. The molecule has 0 saturated carbocycles. The predicted octanol–water partition coefficient (Wildman–Crippen LogP) is 2.37. The summed E-state index contributed by atoms with van der Waals surface area (Å²) < 4.78 is 1.82. The lowest BCUT2D eigenvalue weighted by Gasteiger charge is -2.32. The van der Waals surface area contributed by atoms with Gasteiger partial charge >= 0.3 is 0 Å². The molecule has 0 bridgehead atoms. The molecule has 0 aliphatic heterocycles. The monoisotopic (exact) mass is 342 g/mol. The summed E-state index contributed by atoms with van der Waals surface area (Å²) in [6, 6.07) is 0. The van der Waals surface area contributed by atoms with Crippen LogP contribution >= 0.6 is 15.9 Å². The number of hydrogen-bond acceptors (Lipinski definition) is 4. The molecule has 20 heavy (non-hydrogen) atoms. The van der Waals surface area contributed by atoms with Crippen LogP contribution in [-0.2, 0) is 6.54 Å². The summed E-state index contributed by atoms with van der Waals surface area (Å²) in [5.41, 5.74) is 6.09. The van der Waals surface area contributed by atoms with Gasteiger partial charge in [0.2, 0.25) is 0 Å². The van der Waals surface area contributed by atoms with Gasteiger partial charge in [0.15, 0.2) is 0 Å². The third-order valence-corrected chi connectivity index (χ3v) is 3.80. The quantitative estimate of drug-likeness (QED) is 0.746. The molecule has 0 aliphatic carbocycles. The summed E-state index contributed by atoms with van der Waals surface area (Å²) in [5, 5.41) is 7.47. The van der Waals surface area contributed by atoms with Crippen molar-refractivity contribution < 1.29 is 0 Å². The average Bonchev–Trinajstić information content (AvgIpc) is 2.38. The SMILES string of the molecule is C=CCn1ncc(NC(C)(CN)CC(C)C)c(Br)c1=O. The number of halogens is 1. The molecule has 1 heterocycles. The lowest BCUT2D eigenvalue weighted by Crippen LogP contribution is -2.44. The Labute approximate surface area is 128 Å². The Bertz CT molecular complexity index is 526. The molecule has 1 aromatic rings. The number of hydrogen-bond donors (Lipinski definition) is 2. The third-order valence-electron chi connectivity index (χ3n) is 3.03. The maximum absolute atomic E-state index is 12.1. The fourth-order valence-corrected chi connectivity index (χ4v) is 2.62. The normalized spacial score (nSPS) is 14.1. The molecule has 5 nitrogen and oxygen atoms in total. The van der Waals surface area contributed by atoms with Gasteiger partial charge in [-0.1, -0.05) is 19.9 Å². The number of nitrogens with zero attached hydrogens (tertiary/aromatic N) is 2. The largest absolute Gasteiger partial charge is 0.376 e. The second-order valence-electron chi connectivity index (χ2n) is 5.64. The van der Waals surface area contributed by atoms with Crippen LogP contribution in [-0.4, -0.2) is 21.9 Å². The highest BCUT2D eigenvalue weighted by Crippen LogP contribution is 2.25. The maximum Gasteiger partial charge on any atom is 0.283 e. The van der Waals surface area contributed by atoms with Crippen LogP contribution in [0.4, 0.5) is 5.69 Å². The Morgan fingerprint density at radius 1 is 1.65 bits per heavy atom. The van der Waals surface area contributed by atoms with Crippen LogP contribution in [0.3, 0.4) is 0 Å². The predicted molar refractivity (Wildman–Crippen MR) is 86.9 cm³/mol. The highest BCUT2D eigenvalue weighted by molar-refractivity contribution is 9.10. The zero-order valence-electron chi connectivity index (χ0n) is 12.3. The molecule has 0 spiro atoms. The summed E-state index contributed by atoms with van der Waals surface area (Å²) in [6.07, 6.45) is 4.19. The highest BCUT2D eigenvalue weighted by Gasteiger charge is 2.25. The Balaban J connectivity index is 3.06. The lowest BCUT2D eigenvalue weighted by molar-refractivity contribution is 0.406. The van der Waals surface area contributed by atoms with Gasteiger partial charge in [0, 0.05) is 12.1 Å². The summed E-state index contributed by atoms with van der Waals surface area (Å²) in [7, 11) is 0. The minimum absolute atomic E-state index is 0.182. The molecule has 1 rings (SSSR count). The van der Waals surface area contributed by atoms with Crippen molar-refractivity contribution in [1.29, 1.82) is 0 Å². The second kappa shape index (κ2) is 7.04. The first kappa shape index (κ1) is 16.9. The average molecular weight is 343 g/mol. The molecular weight excluding hydrogens is 320 g/mol. The molecule has 0 fully saturated rings. The van der Waals surface area contributed by atoms with Crippen LogP contribution < -0.4 is 16.6 Å². The van der Waals surface area contributed by atoms with Crippen LogP contribution in [0.2, 0.25) is 0 Å². The van der Waals surface area contributed by atoms with E-state index in [2.05, 4.69) is 53.7 Å². The van der Waals surface area contributed by atoms with Crippen molar-refractivity contribution in [3.63, 3.8) is 0 Å². The van der Waals surface area contributed by atoms with Gasteiger partial charge in [-0.2, -0.15) is 5.10 Å². The van der Waals surface area contributed by atoms with Gasteiger partial charge < -0.3 is 11.1 Å². The van der Waals surface area contributed by atoms with Gasteiger partial charge in [-0.3, -0.25) is 4.79 Å². The smallest absolute Gasteiger partial charge is 0.283 e. The highest BCUT2D eigenvalue weighted by atomic mass is 79.9. The minimum atomic E-state index is -0.268. The Morgan fingerprint density at radius 3 is 2.80 bits per heavy atom. The molecule has 0 aliphatic rings. The minimum Gasteiger partial charge on any atom is -0.376 e. The van der Waals surface area contributed by atoms with Gasteiger partial charge in [-0.15, -0.1) is 6.58 Å². The van der Waals surface area contributed by atoms with E-state index in [0.717, 1.165) is 6.42 Å². The zero-order chi connectivity index (χ0) is 15.3. The van der Waals surface area contributed by atoms with E-state index in [1.54, 1.807) is 12.3 Å². The van der Waals surface area contributed by atoms with Crippen LogP contribution in [0.15, 0.2) is 28.1 Å². The van der Waals surface area contributed by atoms with Crippen LogP contribution in [0.25, 0.3) is 0 Å². The van der Waals surface area contributed by atoms with E-state index >= 15 is 0 Å². The van der Waals surface area contributed by atoms with Crippen molar-refractivity contribution in [3.8, 4) is 0 Å². The first-order valence-corrected chi connectivity index (χ1v) is 7.47. The number of rotatable bonds is 7. The van der Waals surface area contributed by atoms with E-state index in [1.807, 2.05) is 0 Å². The first-order chi connectivity index (χ1) is 9.33. The molecule has 3 N–H and O–H groups in total. The van der Waals surface area contributed by atoms with Crippen molar-refractivity contribution >= 4 is 21.6 Å². The zero-order valence-corrected chi connectivity index (χ0v) is 13.9. The van der Waals surface area contributed by atoms with Crippen LogP contribution in [0, 0.1) is 5.92 Å². The molecule has 1 aromatic heterocycles. The van der Waals surface area contributed by atoms with E-state index < -0.39 is 0 Å². The molecule has 0 saturated heterocycles. The number of aromatic nitrogens is 2. The van der Waals surface area contributed by atoms with Gasteiger partial charge in [0.05, 0.1) is 18.4 Å². The van der Waals surface area contributed by atoms with Gasteiger partial charge in [0.1, 0.15) is 4.47 Å². The van der Waals surface area contributed by atoms with E-state index in [9.17, 15) is 4.79 Å². The van der Waals surface area contributed by atoms with Gasteiger partial charge in [-0.05, 0) is 35.2 Å². The Hall–Kier alpha value is -1.14. The van der Waals surface area contributed by atoms with E-state index in [-0.39, 0.29) is 11.1 Å². The molecule has 0 amide bonds. The molecule has 6 heteroatoms. The number of nitrogens with one attached hydrogen (secondary N) is 1. The van der Waals surface area contributed by atoms with Crippen molar-refractivity contribution in [1.82, 2.24) is 9.78 Å². The summed E-state index contributed by atoms with van der Waals surface area (Å²) in [6.45, 7) is 10.8. The molecule has 0 aromatic carbocycles. The Kier molecular flexibility index (Phi) is 5.95. The molecule has 1 atom stereocenters. The molecule has 0 radical (unpaired) electrons. The Morgan fingerprint density at radius 2 is 2.30 bits per heavy atom. The van der Waals surface area contributed by atoms with Crippen molar-refractivity contribution in [2.24, 2.45) is 11.7 Å². The second-order valence-corrected chi connectivity index (χ2v) is 6.43.